The number of nitrogens with one attached hydrogen (secondary N) is 1. The number of esters is 1. The number of benzene rings is 2. The number of H-pyrrole nitrogens is 1. The van der Waals surface area contributed by atoms with Gasteiger partial charge >= 0.3 is 12.1 Å². The van der Waals surface area contributed by atoms with Gasteiger partial charge in [0.1, 0.15) is 11.4 Å². The maximum atomic E-state index is 15.3. The molecule has 12 heteroatoms. The van der Waals surface area contributed by atoms with E-state index in [0.717, 1.165) is 0 Å². The predicted molar refractivity (Wildman–Crippen MR) is 151 cm³/mol. The molecule has 10 nitrogen and oxygen atoms in total. The summed E-state index contributed by atoms with van der Waals surface area (Å²) in [7, 11) is 2.88. The molecule has 0 saturated carbocycles. The van der Waals surface area contributed by atoms with Crippen LogP contribution in [0.5, 0.6) is 11.5 Å². The lowest BCUT2D eigenvalue weighted by Crippen LogP contribution is -2.36. The second-order valence-electron chi connectivity index (χ2n) is 10.1. The Morgan fingerprint density at radius 3 is 2.63 bits per heavy atom. The number of hydrogen-bond acceptors (Lipinski definition) is 8. The Hall–Kier alpha value is -4.22. The topological polar surface area (TPSA) is 116 Å². The number of pyridine rings is 1. The first kappa shape index (κ1) is 29.8. The van der Waals surface area contributed by atoms with E-state index in [1.165, 1.54) is 24.3 Å². The fourth-order valence-electron chi connectivity index (χ4n) is 3.77. The zero-order valence-corrected chi connectivity index (χ0v) is 24.0. The van der Waals surface area contributed by atoms with Gasteiger partial charge in [-0.25, -0.2) is 19.0 Å². The van der Waals surface area contributed by atoms with Crippen molar-refractivity contribution in [3.63, 3.8) is 0 Å². The molecule has 2 aromatic heterocycles. The summed E-state index contributed by atoms with van der Waals surface area (Å²) >= 11 is 6.09. The molecule has 0 radical (unpaired) electrons. The Morgan fingerprint density at radius 1 is 1.12 bits per heavy atom. The van der Waals surface area contributed by atoms with Gasteiger partial charge < -0.3 is 28.8 Å². The molecule has 1 amide bonds. The average molecular weight is 585 g/mol. The van der Waals surface area contributed by atoms with E-state index < -0.39 is 23.5 Å². The number of aromatic nitrogens is 3. The van der Waals surface area contributed by atoms with Crippen molar-refractivity contribution >= 4 is 34.6 Å². The number of carbonyl (C=O) groups is 2. The summed E-state index contributed by atoms with van der Waals surface area (Å²) in [5, 5.41) is 0.477. The van der Waals surface area contributed by atoms with E-state index in [4.69, 9.17) is 30.5 Å². The van der Waals surface area contributed by atoms with Crippen molar-refractivity contribution in [2.45, 2.75) is 33.0 Å². The standard InChI is InChI=1S/C29H30ClFN4O6/c1-29(2,3)41-28(37)35(4)12-13-39-16-18-6-8-20(30)24(31)25(18)40-23-10-11-32-21-9-7-17(14-19(21)23)22-15-33-26(34-22)27(36)38-5/h6-11,14-15H,12-13,16H2,1-5H3,(H,33,34). The highest BCUT2D eigenvalue weighted by molar-refractivity contribution is 6.30. The monoisotopic (exact) mass is 584 g/mol. The normalized spacial score (nSPS) is 11.4. The van der Waals surface area contributed by atoms with Gasteiger partial charge in [-0.2, -0.15) is 0 Å². The fraction of sp³-hybridized carbons (Fsp3) is 0.310. The Labute approximate surface area is 241 Å². The molecule has 0 aliphatic heterocycles. The molecular weight excluding hydrogens is 555 g/mol. The van der Waals surface area contributed by atoms with Crippen LogP contribution in [-0.2, 0) is 20.8 Å². The number of amides is 1. The molecular formula is C29H30ClFN4O6. The first-order valence-electron chi connectivity index (χ1n) is 12.7. The van der Waals surface area contributed by atoms with Gasteiger partial charge in [0.2, 0.25) is 5.82 Å². The molecule has 0 saturated heterocycles. The van der Waals surface area contributed by atoms with Crippen molar-refractivity contribution in [1.82, 2.24) is 19.9 Å². The minimum atomic E-state index is -0.740. The number of carbonyl (C=O) groups excluding carboxylic acids is 2. The second kappa shape index (κ2) is 12.5. The zero-order valence-electron chi connectivity index (χ0n) is 23.3. The highest BCUT2D eigenvalue weighted by atomic mass is 35.5. The van der Waals surface area contributed by atoms with Crippen LogP contribution >= 0.6 is 11.6 Å². The highest BCUT2D eigenvalue weighted by Crippen LogP contribution is 2.37. The van der Waals surface area contributed by atoms with Gasteiger partial charge in [0, 0.05) is 36.3 Å². The van der Waals surface area contributed by atoms with Gasteiger partial charge in [0.25, 0.3) is 0 Å². The summed E-state index contributed by atoms with van der Waals surface area (Å²) in [6.07, 6.45) is 2.59. The van der Waals surface area contributed by atoms with Crippen LogP contribution in [0.3, 0.4) is 0 Å². The van der Waals surface area contributed by atoms with Gasteiger partial charge in [0.05, 0.1) is 42.8 Å². The van der Waals surface area contributed by atoms with Gasteiger partial charge in [-0.15, -0.1) is 0 Å². The van der Waals surface area contributed by atoms with E-state index in [2.05, 4.69) is 15.0 Å². The third kappa shape index (κ3) is 7.30. The third-order valence-electron chi connectivity index (χ3n) is 5.84. The molecule has 2 aromatic carbocycles. The van der Waals surface area contributed by atoms with Crippen LogP contribution in [0.1, 0.15) is 37.0 Å². The number of nitrogens with zero attached hydrogens (tertiary/aromatic N) is 3. The molecule has 0 aliphatic carbocycles. The minimum Gasteiger partial charge on any atom is -0.463 e. The number of likely N-dealkylation sites (N-methyl/N-ethyl adjacent to an activating group) is 1. The van der Waals surface area contributed by atoms with Crippen LogP contribution in [0, 0.1) is 5.82 Å². The second-order valence-corrected chi connectivity index (χ2v) is 10.5. The molecule has 4 rings (SSSR count). The van der Waals surface area contributed by atoms with E-state index >= 15 is 4.39 Å². The summed E-state index contributed by atoms with van der Waals surface area (Å²) < 4.78 is 37.1. The molecule has 216 valence electrons. The molecule has 0 fully saturated rings. The van der Waals surface area contributed by atoms with Crippen molar-refractivity contribution in [2.24, 2.45) is 0 Å². The van der Waals surface area contributed by atoms with E-state index in [0.29, 0.717) is 33.5 Å². The number of aromatic amines is 1. The van der Waals surface area contributed by atoms with Crippen molar-refractivity contribution in [1.29, 1.82) is 0 Å². The number of hydrogen-bond donors (Lipinski definition) is 1. The first-order valence-corrected chi connectivity index (χ1v) is 13.0. The molecule has 0 unspecified atom stereocenters. The summed E-state index contributed by atoms with van der Waals surface area (Å²) in [5.41, 5.74) is 1.68. The molecule has 1 N–H and O–H groups in total. The molecule has 0 bridgehead atoms. The highest BCUT2D eigenvalue weighted by Gasteiger charge is 2.20. The predicted octanol–water partition coefficient (Wildman–Crippen LogP) is 6.38. The van der Waals surface area contributed by atoms with Crippen LogP contribution < -0.4 is 4.74 Å². The molecule has 4 aromatic rings. The lowest BCUT2D eigenvalue weighted by molar-refractivity contribution is 0.0220. The Morgan fingerprint density at radius 2 is 1.90 bits per heavy atom. The van der Waals surface area contributed by atoms with Crippen LogP contribution in [0.2, 0.25) is 5.02 Å². The van der Waals surface area contributed by atoms with Crippen LogP contribution in [0.25, 0.3) is 22.2 Å². The van der Waals surface area contributed by atoms with E-state index in [1.54, 1.807) is 64.3 Å². The SMILES string of the molecule is COC(=O)c1ncc(-c2ccc3nccc(Oc4c(COCCN(C)C(=O)OC(C)(C)C)ccc(Cl)c4F)c3c2)[nH]1. The Kier molecular flexibility index (Phi) is 9.09. The summed E-state index contributed by atoms with van der Waals surface area (Å²) in [6.45, 7) is 5.82. The van der Waals surface area contributed by atoms with Gasteiger partial charge in [-0.1, -0.05) is 23.7 Å². The van der Waals surface area contributed by atoms with Crippen molar-refractivity contribution in [3.8, 4) is 22.8 Å². The Bertz CT molecular complexity index is 1570. The number of halogens is 2. The maximum absolute atomic E-state index is 15.3. The third-order valence-corrected chi connectivity index (χ3v) is 6.14. The fourth-order valence-corrected chi connectivity index (χ4v) is 3.92. The van der Waals surface area contributed by atoms with Gasteiger partial charge in [0.15, 0.2) is 11.6 Å². The number of ether oxygens (including phenoxy) is 4. The Balaban J connectivity index is 1.54. The van der Waals surface area contributed by atoms with Crippen molar-refractivity contribution < 1.29 is 32.9 Å². The lowest BCUT2D eigenvalue weighted by atomic mass is 10.1. The average Bonchev–Trinajstić information content (AvgIpc) is 3.43. The number of rotatable bonds is 9. The van der Waals surface area contributed by atoms with E-state index in [-0.39, 0.29) is 36.4 Å². The van der Waals surface area contributed by atoms with Gasteiger partial charge in [-0.3, -0.25) is 4.98 Å². The first-order chi connectivity index (χ1) is 19.5. The van der Waals surface area contributed by atoms with Crippen LogP contribution in [-0.4, -0.2) is 64.8 Å². The van der Waals surface area contributed by atoms with Gasteiger partial charge in [-0.05, 0) is 45.0 Å². The summed E-state index contributed by atoms with van der Waals surface area (Å²) in [5.74, 6) is -1.03. The van der Waals surface area contributed by atoms with Crippen molar-refractivity contribution in [2.75, 3.05) is 27.3 Å². The molecule has 2 heterocycles. The molecule has 0 aliphatic rings. The summed E-state index contributed by atoms with van der Waals surface area (Å²) in [4.78, 5) is 36.7. The van der Waals surface area contributed by atoms with E-state index in [1.807, 2.05) is 0 Å². The zero-order chi connectivity index (χ0) is 29.7. The van der Waals surface area contributed by atoms with E-state index in [9.17, 15) is 9.59 Å². The number of fused-ring (bicyclic) bond motifs is 1. The molecule has 0 spiro atoms. The van der Waals surface area contributed by atoms with Crippen LogP contribution in [0.4, 0.5) is 9.18 Å². The number of imidazole rings is 1. The maximum Gasteiger partial charge on any atom is 0.410 e. The van der Waals surface area contributed by atoms with Crippen LogP contribution in [0.15, 0.2) is 48.8 Å². The largest absolute Gasteiger partial charge is 0.463 e. The molecule has 0 atom stereocenters. The minimum absolute atomic E-state index is 0.00426. The smallest absolute Gasteiger partial charge is 0.410 e. The van der Waals surface area contributed by atoms with Crippen molar-refractivity contribution in [3.05, 3.63) is 71.0 Å². The number of methoxy groups -OCH3 is 1. The molecule has 41 heavy (non-hydrogen) atoms. The quantitative estimate of drug-likeness (QED) is 0.178. The lowest BCUT2D eigenvalue weighted by Gasteiger charge is -2.24. The summed E-state index contributed by atoms with van der Waals surface area (Å²) in [6, 6.07) is 10.0.